The maximum Gasteiger partial charge on any atom is 0.311 e. The number of esters is 1. The molecule has 0 aliphatic rings. The number of benzene rings is 1. The minimum atomic E-state index is -0.277. The summed E-state index contributed by atoms with van der Waals surface area (Å²) in [5.74, 6) is 1.13. The molecule has 6 nitrogen and oxygen atoms in total. The maximum absolute atomic E-state index is 11.5. The number of hydrogen-bond donors (Lipinski definition) is 1. The Labute approximate surface area is 158 Å². The van der Waals surface area contributed by atoms with Crippen LogP contribution in [0.5, 0.6) is 5.75 Å². The molecule has 140 valence electrons. The Hall–Kier alpha value is -2.41. The molecule has 0 bridgehead atoms. The van der Waals surface area contributed by atoms with Crippen molar-refractivity contribution in [1.29, 1.82) is 0 Å². The molecule has 0 amide bonds. The summed E-state index contributed by atoms with van der Waals surface area (Å²) in [6, 6.07) is 7.77. The van der Waals surface area contributed by atoms with Crippen LogP contribution in [0.15, 0.2) is 34.7 Å². The number of hydrazone groups is 1. The van der Waals surface area contributed by atoms with Gasteiger partial charge in [-0.15, -0.1) is 11.3 Å². The average molecular weight is 375 g/mol. The van der Waals surface area contributed by atoms with Gasteiger partial charge in [0, 0.05) is 10.9 Å². The molecule has 0 aliphatic carbocycles. The van der Waals surface area contributed by atoms with Gasteiger partial charge in [-0.2, -0.15) is 5.10 Å². The Morgan fingerprint density at radius 3 is 2.96 bits per heavy atom. The molecular weight excluding hydrogens is 350 g/mol. The third-order valence-electron chi connectivity index (χ3n) is 3.42. The maximum atomic E-state index is 11.5. The third-order valence-corrected chi connectivity index (χ3v) is 4.21. The molecule has 0 saturated heterocycles. The molecule has 26 heavy (non-hydrogen) atoms. The lowest BCUT2D eigenvalue weighted by Gasteiger charge is -2.10. The van der Waals surface area contributed by atoms with Gasteiger partial charge in [0.05, 0.1) is 31.5 Å². The first-order valence-electron chi connectivity index (χ1n) is 8.69. The summed E-state index contributed by atoms with van der Waals surface area (Å²) in [6.45, 7) is 7.18. The second-order valence-corrected chi connectivity index (χ2v) is 6.92. The molecule has 0 atom stereocenters. The number of hydrogen-bond acceptors (Lipinski definition) is 7. The van der Waals surface area contributed by atoms with Crippen molar-refractivity contribution in [3.8, 4) is 5.75 Å². The predicted octanol–water partition coefficient (Wildman–Crippen LogP) is 4.12. The van der Waals surface area contributed by atoms with Crippen molar-refractivity contribution >= 4 is 28.7 Å². The monoisotopic (exact) mass is 375 g/mol. The second-order valence-electron chi connectivity index (χ2n) is 6.06. The van der Waals surface area contributed by atoms with E-state index in [1.54, 1.807) is 13.1 Å². The van der Waals surface area contributed by atoms with Crippen LogP contribution in [0.4, 0.5) is 5.13 Å². The first-order chi connectivity index (χ1) is 12.6. The van der Waals surface area contributed by atoms with Gasteiger partial charge >= 0.3 is 5.97 Å². The van der Waals surface area contributed by atoms with E-state index in [0.717, 1.165) is 17.7 Å². The van der Waals surface area contributed by atoms with Crippen LogP contribution in [-0.2, 0) is 16.0 Å². The fourth-order valence-corrected chi connectivity index (χ4v) is 2.74. The van der Waals surface area contributed by atoms with Crippen molar-refractivity contribution in [1.82, 2.24) is 4.98 Å². The van der Waals surface area contributed by atoms with E-state index in [2.05, 4.69) is 29.4 Å². The van der Waals surface area contributed by atoms with E-state index in [9.17, 15) is 4.79 Å². The molecule has 0 saturated carbocycles. The van der Waals surface area contributed by atoms with Gasteiger partial charge in [-0.3, -0.25) is 10.2 Å². The quantitative estimate of drug-likeness (QED) is 0.384. The van der Waals surface area contributed by atoms with Crippen LogP contribution in [0.1, 0.15) is 38.4 Å². The summed E-state index contributed by atoms with van der Waals surface area (Å²) < 4.78 is 10.8. The van der Waals surface area contributed by atoms with Gasteiger partial charge in [0.25, 0.3) is 0 Å². The summed E-state index contributed by atoms with van der Waals surface area (Å²) >= 11 is 1.39. The topological polar surface area (TPSA) is 72.8 Å². The number of nitrogens with one attached hydrogen (secondary N) is 1. The fraction of sp³-hybridized carbons (Fsp3) is 0.421. The highest BCUT2D eigenvalue weighted by Crippen LogP contribution is 2.18. The van der Waals surface area contributed by atoms with Crippen LogP contribution in [0.25, 0.3) is 0 Å². The van der Waals surface area contributed by atoms with Crippen LogP contribution < -0.4 is 10.2 Å². The lowest BCUT2D eigenvalue weighted by molar-refractivity contribution is -0.142. The number of carbonyl (C=O) groups is 1. The molecule has 2 rings (SSSR count). The number of ether oxygens (including phenoxy) is 2. The number of thiazole rings is 1. The Morgan fingerprint density at radius 1 is 1.38 bits per heavy atom. The van der Waals surface area contributed by atoms with Crippen molar-refractivity contribution in [2.75, 3.05) is 18.6 Å². The molecule has 7 heteroatoms. The highest BCUT2D eigenvalue weighted by molar-refractivity contribution is 7.13. The number of rotatable bonds is 10. The SMILES string of the molecule is CCOC(=O)Cc1csc(NN=Cc2ccccc2OCCC(C)C)n1. The van der Waals surface area contributed by atoms with E-state index < -0.39 is 0 Å². The second kappa shape index (κ2) is 10.6. The van der Waals surface area contributed by atoms with Crippen LogP contribution >= 0.6 is 11.3 Å². The Morgan fingerprint density at radius 2 is 2.19 bits per heavy atom. The van der Waals surface area contributed by atoms with Crippen molar-refractivity contribution in [3.63, 3.8) is 0 Å². The summed E-state index contributed by atoms with van der Waals surface area (Å²) in [6.07, 6.45) is 2.88. The van der Waals surface area contributed by atoms with Gasteiger partial charge in [-0.05, 0) is 31.4 Å². The van der Waals surface area contributed by atoms with Gasteiger partial charge in [0.1, 0.15) is 5.75 Å². The van der Waals surface area contributed by atoms with Crippen LogP contribution in [0.2, 0.25) is 0 Å². The lowest BCUT2D eigenvalue weighted by Crippen LogP contribution is -2.07. The summed E-state index contributed by atoms with van der Waals surface area (Å²) in [7, 11) is 0. The molecule has 1 aromatic heterocycles. The van der Waals surface area contributed by atoms with Crippen molar-refractivity contribution in [2.45, 2.75) is 33.6 Å². The summed E-state index contributed by atoms with van der Waals surface area (Å²) in [4.78, 5) is 15.8. The highest BCUT2D eigenvalue weighted by Gasteiger charge is 2.08. The third kappa shape index (κ3) is 6.84. The normalized spacial score (nSPS) is 11.1. The summed E-state index contributed by atoms with van der Waals surface area (Å²) in [5.41, 5.74) is 4.45. The van der Waals surface area contributed by atoms with Gasteiger partial charge in [0.15, 0.2) is 0 Å². The first-order valence-corrected chi connectivity index (χ1v) is 9.57. The molecule has 0 unspecified atom stereocenters. The van der Waals surface area contributed by atoms with Crippen LogP contribution in [0.3, 0.4) is 0 Å². The number of para-hydroxylation sites is 1. The number of anilines is 1. The van der Waals surface area contributed by atoms with Crippen molar-refractivity contribution < 1.29 is 14.3 Å². The molecule has 0 spiro atoms. The largest absolute Gasteiger partial charge is 0.493 e. The van der Waals surface area contributed by atoms with Crippen molar-refractivity contribution in [3.05, 3.63) is 40.9 Å². The first kappa shape index (κ1) is 19.9. The Bertz CT molecular complexity index is 728. The lowest BCUT2D eigenvalue weighted by atomic mass is 10.1. The predicted molar refractivity (Wildman–Crippen MR) is 105 cm³/mol. The highest BCUT2D eigenvalue weighted by atomic mass is 32.1. The molecule has 2 aromatic rings. The molecular formula is C19H25N3O3S. The molecule has 0 fully saturated rings. The van der Waals surface area contributed by atoms with Crippen LogP contribution in [0, 0.1) is 5.92 Å². The van der Waals surface area contributed by atoms with E-state index in [0.29, 0.717) is 30.0 Å². The zero-order valence-electron chi connectivity index (χ0n) is 15.4. The fourth-order valence-electron chi connectivity index (χ4n) is 2.08. The standard InChI is InChI=1S/C19H25N3O3S/c1-4-24-18(23)11-16-13-26-19(21-16)22-20-12-15-7-5-6-8-17(15)25-10-9-14(2)3/h5-8,12-14H,4,9-11H2,1-3H3,(H,21,22). The number of nitrogens with zero attached hydrogens (tertiary/aromatic N) is 2. The van der Waals surface area contributed by atoms with Gasteiger partial charge in [0.2, 0.25) is 5.13 Å². The average Bonchev–Trinajstić information content (AvgIpc) is 3.03. The zero-order valence-corrected chi connectivity index (χ0v) is 16.2. The Balaban J connectivity index is 1.90. The smallest absolute Gasteiger partial charge is 0.311 e. The molecule has 1 aromatic carbocycles. The van der Waals surface area contributed by atoms with Gasteiger partial charge in [-0.25, -0.2) is 4.98 Å². The van der Waals surface area contributed by atoms with Gasteiger partial charge in [-0.1, -0.05) is 26.0 Å². The molecule has 0 aliphatic heterocycles. The van der Waals surface area contributed by atoms with E-state index in [4.69, 9.17) is 9.47 Å². The van der Waals surface area contributed by atoms with E-state index in [-0.39, 0.29) is 12.4 Å². The summed E-state index contributed by atoms with van der Waals surface area (Å²) in [5, 5.41) is 6.66. The van der Waals surface area contributed by atoms with E-state index >= 15 is 0 Å². The van der Waals surface area contributed by atoms with Gasteiger partial charge < -0.3 is 9.47 Å². The minimum absolute atomic E-state index is 0.169. The number of carbonyl (C=O) groups excluding carboxylic acids is 1. The molecule has 0 radical (unpaired) electrons. The van der Waals surface area contributed by atoms with E-state index in [1.807, 2.05) is 29.6 Å². The molecule has 1 N–H and O–H groups in total. The van der Waals surface area contributed by atoms with Crippen LogP contribution in [-0.4, -0.2) is 30.4 Å². The minimum Gasteiger partial charge on any atom is -0.493 e. The number of aromatic nitrogens is 1. The molecule has 1 heterocycles. The van der Waals surface area contributed by atoms with E-state index in [1.165, 1.54) is 11.3 Å². The Kier molecular flexibility index (Phi) is 8.08. The van der Waals surface area contributed by atoms with Crippen molar-refractivity contribution in [2.24, 2.45) is 11.0 Å². The zero-order chi connectivity index (χ0) is 18.8.